The van der Waals surface area contributed by atoms with Gasteiger partial charge in [-0.3, -0.25) is 0 Å². The van der Waals surface area contributed by atoms with E-state index in [1.807, 2.05) is 0 Å². The van der Waals surface area contributed by atoms with Crippen LogP contribution >= 0.6 is 0 Å². The highest BCUT2D eigenvalue weighted by atomic mass is 32.2. The first-order valence-corrected chi connectivity index (χ1v) is 7.62. The van der Waals surface area contributed by atoms with Crippen LogP contribution in [0.1, 0.15) is 0 Å². The van der Waals surface area contributed by atoms with Crippen LogP contribution in [0.2, 0.25) is 0 Å². The van der Waals surface area contributed by atoms with Crippen molar-refractivity contribution in [3.05, 3.63) is 54.6 Å². The second-order valence-electron chi connectivity index (χ2n) is 4.63. The fraction of sp³-hybridized carbons (Fsp3) is 0.0667. The number of rotatable bonds is 2. The summed E-state index contributed by atoms with van der Waals surface area (Å²) in [5.74, 6) is -0.314. The van der Waals surface area contributed by atoms with Crippen molar-refractivity contribution >= 4 is 31.7 Å². The molecule has 0 fully saturated rings. The van der Waals surface area contributed by atoms with Crippen LogP contribution in [0.15, 0.2) is 54.6 Å². The van der Waals surface area contributed by atoms with Crippen LogP contribution < -0.4 is 4.18 Å². The Balaban J connectivity index is 2.34. The quantitative estimate of drug-likeness (QED) is 0.402. The molecular weight excluding hydrogens is 317 g/mol. The first-order chi connectivity index (χ1) is 10.3. The van der Waals surface area contributed by atoms with E-state index in [0.29, 0.717) is 21.5 Å². The summed E-state index contributed by atoms with van der Waals surface area (Å²) in [7, 11) is -5.73. The van der Waals surface area contributed by atoms with E-state index in [1.165, 1.54) is 12.1 Å². The summed E-state index contributed by atoms with van der Waals surface area (Å²) < 4.78 is 65.0. The third kappa shape index (κ3) is 2.37. The minimum absolute atomic E-state index is 0.300. The molecule has 3 aromatic rings. The first kappa shape index (κ1) is 14.6. The van der Waals surface area contributed by atoms with Crippen LogP contribution in [0.25, 0.3) is 21.5 Å². The Morgan fingerprint density at radius 2 is 1.27 bits per heavy atom. The highest BCUT2D eigenvalue weighted by Crippen LogP contribution is 2.37. The van der Waals surface area contributed by atoms with Crippen molar-refractivity contribution in [1.29, 1.82) is 0 Å². The van der Waals surface area contributed by atoms with Gasteiger partial charge in [0.25, 0.3) is 0 Å². The molecule has 0 aliphatic carbocycles. The predicted octanol–water partition coefficient (Wildman–Crippen LogP) is 4.22. The molecule has 0 saturated heterocycles. The van der Waals surface area contributed by atoms with Gasteiger partial charge in [-0.2, -0.15) is 21.6 Å². The van der Waals surface area contributed by atoms with Crippen molar-refractivity contribution in [2.24, 2.45) is 0 Å². The molecule has 0 N–H and O–H groups in total. The molecule has 0 bridgehead atoms. The van der Waals surface area contributed by atoms with E-state index in [0.717, 1.165) is 0 Å². The van der Waals surface area contributed by atoms with Crippen molar-refractivity contribution in [1.82, 2.24) is 0 Å². The van der Waals surface area contributed by atoms with Crippen molar-refractivity contribution in [3.8, 4) is 5.75 Å². The second-order valence-corrected chi connectivity index (χ2v) is 6.17. The number of benzene rings is 3. The molecule has 3 nitrogen and oxygen atoms in total. The van der Waals surface area contributed by atoms with Crippen LogP contribution in [0, 0.1) is 0 Å². The van der Waals surface area contributed by atoms with E-state index in [4.69, 9.17) is 0 Å². The van der Waals surface area contributed by atoms with Gasteiger partial charge in [-0.05, 0) is 16.8 Å². The first-order valence-electron chi connectivity index (χ1n) is 6.21. The van der Waals surface area contributed by atoms with Crippen molar-refractivity contribution < 1.29 is 25.8 Å². The zero-order chi connectivity index (χ0) is 16.0. The fourth-order valence-electron chi connectivity index (χ4n) is 2.22. The lowest BCUT2D eigenvalue weighted by Gasteiger charge is -2.14. The zero-order valence-corrected chi connectivity index (χ0v) is 11.8. The summed E-state index contributed by atoms with van der Waals surface area (Å²) >= 11 is 0. The third-order valence-electron chi connectivity index (χ3n) is 3.20. The van der Waals surface area contributed by atoms with Crippen molar-refractivity contribution in [3.63, 3.8) is 0 Å². The topological polar surface area (TPSA) is 43.4 Å². The van der Waals surface area contributed by atoms with Crippen molar-refractivity contribution in [2.45, 2.75) is 5.51 Å². The van der Waals surface area contributed by atoms with Crippen LogP contribution in [0.4, 0.5) is 13.2 Å². The Hall–Kier alpha value is -2.28. The standard InChI is InChI=1S/C15H9F3O3S/c16-15(17,18)22(19,20)21-14-12-7-3-1-5-10(12)9-11-6-2-4-8-13(11)14/h1-9H. The van der Waals surface area contributed by atoms with Gasteiger partial charge in [-0.25, -0.2) is 0 Å². The molecule has 22 heavy (non-hydrogen) atoms. The Labute approximate surface area is 124 Å². The minimum Gasteiger partial charge on any atom is -0.375 e. The lowest BCUT2D eigenvalue weighted by Crippen LogP contribution is -2.28. The van der Waals surface area contributed by atoms with E-state index in [2.05, 4.69) is 4.18 Å². The predicted molar refractivity (Wildman–Crippen MR) is 77.1 cm³/mol. The van der Waals surface area contributed by atoms with Crippen LogP contribution in [-0.2, 0) is 10.1 Å². The molecule has 3 aromatic carbocycles. The molecule has 0 aliphatic heterocycles. The monoisotopic (exact) mass is 326 g/mol. The number of alkyl halides is 3. The Bertz CT molecular complexity index is 909. The molecule has 0 radical (unpaired) electrons. The molecule has 3 rings (SSSR count). The summed E-state index contributed by atoms with van der Waals surface area (Å²) in [4.78, 5) is 0. The molecule has 0 amide bonds. The maximum absolute atomic E-state index is 12.6. The summed E-state index contributed by atoms with van der Waals surface area (Å²) in [5.41, 5.74) is -5.48. The van der Waals surface area contributed by atoms with Gasteiger partial charge in [0.1, 0.15) is 0 Å². The maximum Gasteiger partial charge on any atom is 0.534 e. The third-order valence-corrected chi connectivity index (χ3v) is 4.15. The second kappa shape index (κ2) is 4.88. The molecule has 0 heterocycles. The molecular formula is C15H9F3O3S. The smallest absolute Gasteiger partial charge is 0.375 e. The Morgan fingerprint density at radius 3 is 1.73 bits per heavy atom. The fourth-order valence-corrected chi connectivity index (χ4v) is 2.71. The lowest BCUT2D eigenvalue weighted by molar-refractivity contribution is -0.0499. The van der Waals surface area contributed by atoms with E-state index < -0.39 is 15.6 Å². The number of hydrogen-bond donors (Lipinski definition) is 0. The van der Waals surface area contributed by atoms with Gasteiger partial charge in [0, 0.05) is 10.8 Å². The van der Waals surface area contributed by atoms with Gasteiger partial charge < -0.3 is 4.18 Å². The van der Waals surface area contributed by atoms with Gasteiger partial charge in [0.05, 0.1) is 0 Å². The minimum atomic E-state index is -5.73. The summed E-state index contributed by atoms with van der Waals surface area (Å²) in [5, 5.41) is 1.78. The van der Waals surface area contributed by atoms with Gasteiger partial charge in [0.2, 0.25) is 0 Å². The van der Waals surface area contributed by atoms with Crippen LogP contribution in [-0.4, -0.2) is 13.9 Å². The molecule has 0 aliphatic rings. The number of fused-ring (bicyclic) bond motifs is 2. The summed E-state index contributed by atoms with van der Waals surface area (Å²) in [6, 6.07) is 14.8. The number of halogens is 3. The van der Waals surface area contributed by atoms with E-state index in [9.17, 15) is 21.6 Å². The van der Waals surface area contributed by atoms with Crippen LogP contribution in [0.3, 0.4) is 0 Å². The zero-order valence-electron chi connectivity index (χ0n) is 11.0. The highest BCUT2D eigenvalue weighted by Gasteiger charge is 2.48. The molecule has 0 unspecified atom stereocenters. The summed E-state index contributed by atoms with van der Waals surface area (Å²) in [6.07, 6.45) is 0. The van der Waals surface area contributed by atoms with E-state index in [-0.39, 0.29) is 5.75 Å². The average Bonchev–Trinajstić information content (AvgIpc) is 2.45. The Kier molecular flexibility index (Phi) is 3.25. The molecule has 114 valence electrons. The SMILES string of the molecule is O=S(=O)(Oc1c2ccccc2cc2ccccc12)C(F)(F)F. The maximum atomic E-state index is 12.6. The lowest BCUT2D eigenvalue weighted by atomic mass is 10.0. The van der Waals surface area contributed by atoms with Crippen molar-refractivity contribution in [2.75, 3.05) is 0 Å². The molecule has 0 aromatic heterocycles. The average molecular weight is 326 g/mol. The van der Waals surface area contributed by atoms with Gasteiger partial charge in [-0.1, -0.05) is 48.5 Å². The van der Waals surface area contributed by atoms with E-state index >= 15 is 0 Å². The molecule has 7 heteroatoms. The van der Waals surface area contributed by atoms with Gasteiger partial charge in [0.15, 0.2) is 5.75 Å². The van der Waals surface area contributed by atoms with Gasteiger partial charge in [-0.15, -0.1) is 0 Å². The van der Waals surface area contributed by atoms with E-state index in [1.54, 1.807) is 42.5 Å². The molecule has 0 atom stereocenters. The van der Waals surface area contributed by atoms with Crippen LogP contribution in [0.5, 0.6) is 5.75 Å². The van der Waals surface area contributed by atoms with Gasteiger partial charge >= 0.3 is 15.6 Å². The molecule has 0 spiro atoms. The highest BCUT2D eigenvalue weighted by molar-refractivity contribution is 7.88. The molecule has 0 saturated carbocycles. The summed E-state index contributed by atoms with van der Waals surface area (Å²) in [6.45, 7) is 0. The number of hydrogen-bond acceptors (Lipinski definition) is 3. The largest absolute Gasteiger partial charge is 0.534 e. The normalized spacial score (nSPS) is 12.7. The Morgan fingerprint density at radius 1 is 0.818 bits per heavy atom.